The second-order valence-corrected chi connectivity index (χ2v) is 4.92. The van der Waals surface area contributed by atoms with Crippen LogP contribution in [0.25, 0.3) is 16.7 Å². The van der Waals surface area contributed by atoms with Gasteiger partial charge in [-0.1, -0.05) is 34.5 Å². The monoisotopic (exact) mass is 307 g/mol. The Morgan fingerprint density at radius 1 is 1.20 bits per heavy atom. The molecule has 20 heavy (non-hydrogen) atoms. The van der Waals surface area contributed by atoms with Crippen molar-refractivity contribution in [2.75, 3.05) is 0 Å². The molecule has 0 amide bonds. The average molecular weight is 308 g/mol. The van der Waals surface area contributed by atoms with Crippen molar-refractivity contribution in [2.45, 2.75) is 0 Å². The van der Waals surface area contributed by atoms with Crippen LogP contribution in [0.15, 0.2) is 36.4 Å². The van der Waals surface area contributed by atoms with Crippen molar-refractivity contribution in [2.24, 2.45) is 0 Å². The molecule has 0 aliphatic heterocycles. The van der Waals surface area contributed by atoms with Gasteiger partial charge in [-0.25, -0.2) is 9.48 Å². The number of carbonyl (C=O) groups is 1. The van der Waals surface area contributed by atoms with Crippen molar-refractivity contribution < 1.29 is 9.90 Å². The van der Waals surface area contributed by atoms with Crippen LogP contribution in [0.5, 0.6) is 0 Å². The third kappa shape index (κ3) is 2.01. The molecule has 2 aromatic carbocycles. The first-order chi connectivity index (χ1) is 9.58. The Morgan fingerprint density at radius 3 is 2.75 bits per heavy atom. The smallest absolute Gasteiger partial charge is 0.337 e. The molecule has 0 saturated carbocycles. The molecule has 1 aromatic heterocycles. The molecule has 3 aromatic rings. The number of aromatic carboxylic acids is 1. The van der Waals surface area contributed by atoms with E-state index in [0.717, 1.165) is 0 Å². The van der Waals surface area contributed by atoms with E-state index in [9.17, 15) is 9.90 Å². The van der Waals surface area contributed by atoms with E-state index in [1.54, 1.807) is 30.3 Å². The molecule has 0 unspecified atom stereocenters. The number of hydrogen-bond acceptors (Lipinski definition) is 3. The molecule has 0 saturated heterocycles. The van der Waals surface area contributed by atoms with Crippen molar-refractivity contribution in [3.8, 4) is 5.69 Å². The Kier molecular flexibility index (Phi) is 3.08. The first-order valence-electron chi connectivity index (χ1n) is 5.61. The van der Waals surface area contributed by atoms with E-state index >= 15 is 0 Å². The molecule has 0 spiro atoms. The fourth-order valence-electron chi connectivity index (χ4n) is 1.96. The first kappa shape index (κ1) is 12.9. The summed E-state index contributed by atoms with van der Waals surface area (Å²) in [6.45, 7) is 0. The van der Waals surface area contributed by atoms with Crippen LogP contribution in [0.1, 0.15) is 10.4 Å². The summed E-state index contributed by atoms with van der Waals surface area (Å²) in [4.78, 5) is 11.3. The highest BCUT2D eigenvalue weighted by Gasteiger charge is 2.17. The fourth-order valence-corrected chi connectivity index (χ4v) is 2.33. The van der Waals surface area contributed by atoms with Crippen molar-refractivity contribution in [1.29, 1.82) is 0 Å². The van der Waals surface area contributed by atoms with E-state index in [1.165, 1.54) is 10.7 Å². The van der Waals surface area contributed by atoms with Gasteiger partial charge >= 0.3 is 5.97 Å². The topological polar surface area (TPSA) is 68.0 Å². The summed E-state index contributed by atoms with van der Waals surface area (Å²) >= 11 is 12.1. The Balaban J connectivity index is 2.37. The quantitative estimate of drug-likeness (QED) is 0.787. The lowest BCUT2D eigenvalue weighted by Gasteiger charge is -2.07. The summed E-state index contributed by atoms with van der Waals surface area (Å²) in [7, 11) is 0. The van der Waals surface area contributed by atoms with E-state index in [2.05, 4.69) is 10.3 Å². The average Bonchev–Trinajstić information content (AvgIpc) is 2.85. The Morgan fingerprint density at radius 2 is 2.00 bits per heavy atom. The van der Waals surface area contributed by atoms with Crippen molar-refractivity contribution in [3.05, 3.63) is 52.0 Å². The third-order valence-electron chi connectivity index (χ3n) is 2.84. The summed E-state index contributed by atoms with van der Waals surface area (Å²) in [6, 6.07) is 9.66. The summed E-state index contributed by atoms with van der Waals surface area (Å²) < 4.78 is 1.38. The first-order valence-corrected chi connectivity index (χ1v) is 6.36. The molecular formula is C13H7Cl2N3O2. The third-order valence-corrected chi connectivity index (χ3v) is 3.39. The van der Waals surface area contributed by atoms with Gasteiger partial charge in [-0.3, -0.25) is 0 Å². The number of carboxylic acids is 1. The van der Waals surface area contributed by atoms with Gasteiger partial charge in [0.2, 0.25) is 0 Å². The zero-order chi connectivity index (χ0) is 14.3. The molecule has 0 aliphatic rings. The molecule has 0 atom stereocenters. The molecule has 1 N–H and O–H groups in total. The van der Waals surface area contributed by atoms with Crippen LogP contribution in [0, 0.1) is 0 Å². The SMILES string of the molecule is O=C(O)c1cccc2nnn(-c3cc(Cl)ccc3Cl)c12. The standard InChI is InChI=1S/C13H7Cl2N3O2/c14-7-4-5-9(15)11(6-7)18-12-8(13(19)20)2-1-3-10(12)16-17-18/h1-6H,(H,19,20). The van der Waals surface area contributed by atoms with E-state index in [4.69, 9.17) is 23.2 Å². The van der Waals surface area contributed by atoms with Gasteiger partial charge in [-0.2, -0.15) is 0 Å². The maximum Gasteiger partial charge on any atom is 0.337 e. The Bertz CT molecular complexity index is 830. The van der Waals surface area contributed by atoms with Crippen LogP contribution in [0.4, 0.5) is 0 Å². The molecule has 5 nitrogen and oxygen atoms in total. The molecule has 0 fully saturated rings. The normalized spacial score (nSPS) is 10.9. The zero-order valence-corrected chi connectivity index (χ0v) is 11.4. The van der Waals surface area contributed by atoms with Crippen molar-refractivity contribution >= 4 is 40.2 Å². The minimum absolute atomic E-state index is 0.101. The van der Waals surface area contributed by atoms with Crippen LogP contribution in [-0.2, 0) is 0 Å². The Labute approximate surface area is 123 Å². The van der Waals surface area contributed by atoms with Gasteiger partial charge in [0.1, 0.15) is 11.0 Å². The number of carboxylic acid groups (broad SMARTS) is 1. The highest BCUT2D eigenvalue weighted by Crippen LogP contribution is 2.27. The van der Waals surface area contributed by atoms with Gasteiger partial charge in [0.15, 0.2) is 0 Å². The minimum atomic E-state index is -1.06. The van der Waals surface area contributed by atoms with E-state index in [0.29, 0.717) is 26.8 Å². The van der Waals surface area contributed by atoms with E-state index < -0.39 is 5.97 Å². The number of hydrogen-bond donors (Lipinski definition) is 1. The number of para-hydroxylation sites is 1. The molecular weight excluding hydrogens is 301 g/mol. The van der Waals surface area contributed by atoms with Gasteiger partial charge in [-0.05, 0) is 30.3 Å². The molecule has 0 radical (unpaired) electrons. The second-order valence-electron chi connectivity index (χ2n) is 4.08. The lowest BCUT2D eigenvalue weighted by Crippen LogP contribution is -2.04. The zero-order valence-electron chi connectivity index (χ0n) is 9.92. The Hall–Kier alpha value is -2.11. The lowest BCUT2D eigenvalue weighted by molar-refractivity contribution is 0.0698. The highest BCUT2D eigenvalue weighted by molar-refractivity contribution is 6.34. The number of aromatic nitrogens is 3. The van der Waals surface area contributed by atoms with Gasteiger partial charge in [-0.15, -0.1) is 5.10 Å². The number of halogens is 2. The molecule has 1 heterocycles. The predicted octanol–water partition coefficient (Wildman–Crippen LogP) is 3.43. The largest absolute Gasteiger partial charge is 0.478 e. The number of fused-ring (bicyclic) bond motifs is 1. The molecule has 0 aliphatic carbocycles. The summed E-state index contributed by atoms with van der Waals surface area (Å²) in [6.07, 6.45) is 0. The van der Waals surface area contributed by atoms with Crippen LogP contribution in [0.2, 0.25) is 10.0 Å². The summed E-state index contributed by atoms with van der Waals surface area (Å²) in [5, 5.41) is 18.1. The molecule has 7 heteroatoms. The fraction of sp³-hybridized carbons (Fsp3) is 0. The second kappa shape index (κ2) is 4.77. The van der Waals surface area contributed by atoms with Crippen LogP contribution in [0.3, 0.4) is 0 Å². The van der Waals surface area contributed by atoms with Crippen LogP contribution in [-0.4, -0.2) is 26.1 Å². The molecule has 3 rings (SSSR count). The van der Waals surface area contributed by atoms with E-state index in [1.807, 2.05) is 0 Å². The van der Waals surface area contributed by atoms with Gasteiger partial charge in [0, 0.05) is 5.02 Å². The number of nitrogens with zero attached hydrogens (tertiary/aromatic N) is 3. The van der Waals surface area contributed by atoms with Gasteiger partial charge < -0.3 is 5.11 Å². The van der Waals surface area contributed by atoms with Gasteiger partial charge in [0.05, 0.1) is 16.3 Å². The number of rotatable bonds is 2. The van der Waals surface area contributed by atoms with Crippen LogP contribution >= 0.6 is 23.2 Å². The molecule has 0 bridgehead atoms. The van der Waals surface area contributed by atoms with Crippen molar-refractivity contribution in [3.63, 3.8) is 0 Å². The van der Waals surface area contributed by atoms with Crippen LogP contribution < -0.4 is 0 Å². The highest BCUT2D eigenvalue weighted by atomic mass is 35.5. The maximum atomic E-state index is 11.3. The van der Waals surface area contributed by atoms with E-state index in [-0.39, 0.29) is 5.56 Å². The predicted molar refractivity (Wildman–Crippen MR) is 75.8 cm³/mol. The summed E-state index contributed by atoms with van der Waals surface area (Å²) in [5.74, 6) is -1.06. The van der Waals surface area contributed by atoms with Gasteiger partial charge in [0.25, 0.3) is 0 Å². The summed E-state index contributed by atoms with van der Waals surface area (Å²) in [5.41, 5.74) is 1.43. The maximum absolute atomic E-state index is 11.3. The molecule has 100 valence electrons. The lowest BCUT2D eigenvalue weighted by atomic mass is 10.2. The minimum Gasteiger partial charge on any atom is -0.478 e. The number of benzene rings is 2. The van der Waals surface area contributed by atoms with Crippen molar-refractivity contribution in [1.82, 2.24) is 15.0 Å².